The minimum Gasteiger partial charge on any atom is -0.358 e. The number of carbonyl (C=O) groups is 1. The Hall–Kier alpha value is -2.18. The van der Waals surface area contributed by atoms with E-state index >= 15 is 0 Å². The molecule has 0 unspecified atom stereocenters. The number of hydrogen-bond donors (Lipinski definition) is 2. The lowest BCUT2D eigenvalue weighted by atomic mass is 10.1. The van der Waals surface area contributed by atoms with Crippen LogP contribution in [-0.2, 0) is 13.1 Å². The number of aromatic amines is 1. The molecule has 2 aromatic heterocycles. The van der Waals surface area contributed by atoms with E-state index < -0.39 is 0 Å². The summed E-state index contributed by atoms with van der Waals surface area (Å²) in [7, 11) is 0. The second kappa shape index (κ2) is 7.21. The number of nitrogens with zero attached hydrogens (tertiary/aromatic N) is 2. The quantitative estimate of drug-likeness (QED) is 0.721. The first kappa shape index (κ1) is 17.2. The van der Waals surface area contributed by atoms with Crippen molar-refractivity contribution in [1.29, 1.82) is 0 Å². The second-order valence-electron chi connectivity index (χ2n) is 7.04. The minimum absolute atomic E-state index is 0.0442. The van der Waals surface area contributed by atoms with Crippen LogP contribution >= 0.6 is 11.3 Å². The average molecular weight is 369 g/mol. The molecule has 26 heavy (non-hydrogen) atoms. The van der Waals surface area contributed by atoms with Gasteiger partial charge in [0.15, 0.2) is 0 Å². The molecule has 1 amide bonds. The third-order valence-corrected chi connectivity index (χ3v) is 6.14. The van der Waals surface area contributed by atoms with E-state index in [1.54, 1.807) is 6.20 Å². The van der Waals surface area contributed by atoms with Gasteiger partial charge in [0.25, 0.3) is 5.91 Å². The zero-order valence-corrected chi connectivity index (χ0v) is 16.1. The number of likely N-dealkylation sites (tertiary alicyclic amines) is 1. The minimum atomic E-state index is -0.0442. The van der Waals surface area contributed by atoms with E-state index in [4.69, 9.17) is 0 Å². The molecule has 0 bridgehead atoms. The fourth-order valence-electron chi connectivity index (χ4n) is 3.51. The molecule has 1 saturated heterocycles. The van der Waals surface area contributed by atoms with Gasteiger partial charge in [-0.1, -0.05) is 6.07 Å². The summed E-state index contributed by atoms with van der Waals surface area (Å²) in [5.74, 6) is -0.0442. The van der Waals surface area contributed by atoms with Gasteiger partial charge in [0.05, 0.1) is 12.7 Å². The highest BCUT2D eigenvalue weighted by Gasteiger charge is 2.16. The van der Waals surface area contributed by atoms with E-state index in [0.29, 0.717) is 11.4 Å². The number of fused-ring (bicyclic) bond motifs is 1. The molecule has 0 radical (unpaired) electrons. The molecular formula is C20H24N4OS. The molecule has 2 N–H and O–H groups in total. The van der Waals surface area contributed by atoms with Crippen LogP contribution in [0.3, 0.4) is 0 Å². The van der Waals surface area contributed by atoms with Crippen LogP contribution in [0, 0.1) is 13.8 Å². The molecule has 3 heterocycles. The van der Waals surface area contributed by atoms with Crippen LogP contribution in [0.1, 0.15) is 44.3 Å². The van der Waals surface area contributed by atoms with Crippen molar-refractivity contribution in [1.82, 2.24) is 20.2 Å². The maximum absolute atomic E-state index is 12.4. The second-order valence-corrected chi connectivity index (χ2v) is 8.15. The van der Waals surface area contributed by atoms with Crippen LogP contribution in [0.25, 0.3) is 10.9 Å². The molecule has 4 rings (SSSR count). The lowest BCUT2D eigenvalue weighted by molar-refractivity contribution is 0.0955. The molecule has 0 spiro atoms. The standard InChI is InChI=1S/C20H24N4OS/c1-13-14(2)23-17-6-5-15(9-16(13)17)10-22-20(25)18-11-21-19(26-18)12-24-7-3-4-8-24/h5-6,9,11,23H,3-4,7-8,10,12H2,1-2H3,(H,22,25). The zero-order chi connectivity index (χ0) is 18.1. The number of aryl methyl sites for hydroxylation is 2. The molecule has 5 nitrogen and oxygen atoms in total. The Morgan fingerprint density at radius 2 is 2.12 bits per heavy atom. The Kier molecular flexibility index (Phi) is 4.78. The van der Waals surface area contributed by atoms with Gasteiger partial charge in [0.2, 0.25) is 0 Å². The summed E-state index contributed by atoms with van der Waals surface area (Å²) in [6, 6.07) is 6.29. The number of rotatable bonds is 5. The van der Waals surface area contributed by atoms with Crippen LogP contribution in [0.5, 0.6) is 0 Å². The number of carbonyl (C=O) groups excluding carboxylic acids is 1. The topological polar surface area (TPSA) is 61.0 Å². The Morgan fingerprint density at radius 1 is 1.31 bits per heavy atom. The van der Waals surface area contributed by atoms with Gasteiger partial charge in [-0.2, -0.15) is 0 Å². The largest absolute Gasteiger partial charge is 0.358 e. The highest BCUT2D eigenvalue weighted by atomic mass is 32.1. The van der Waals surface area contributed by atoms with Crippen molar-refractivity contribution in [2.45, 2.75) is 39.8 Å². The molecule has 136 valence electrons. The van der Waals surface area contributed by atoms with Crippen molar-refractivity contribution in [3.05, 3.63) is 51.1 Å². The van der Waals surface area contributed by atoms with Gasteiger partial charge in [-0.15, -0.1) is 11.3 Å². The summed E-state index contributed by atoms with van der Waals surface area (Å²) >= 11 is 1.50. The van der Waals surface area contributed by atoms with E-state index in [2.05, 4.69) is 52.2 Å². The SMILES string of the molecule is Cc1[nH]c2ccc(CNC(=O)c3cnc(CN4CCCC4)s3)cc2c1C. The van der Waals surface area contributed by atoms with Crippen LogP contribution in [0.2, 0.25) is 0 Å². The monoisotopic (exact) mass is 368 g/mol. The molecule has 1 aliphatic rings. The van der Waals surface area contributed by atoms with E-state index in [0.717, 1.165) is 35.7 Å². The number of thiazole rings is 1. The number of nitrogens with one attached hydrogen (secondary N) is 2. The predicted octanol–water partition coefficient (Wildman–Crippen LogP) is 3.77. The van der Waals surface area contributed by atoms with Gasteiger partial charge in [-0.05, 0) is 63.0 Å². The van der Waals surface area contributed by atoms with Crippen LogP contribution < -0.4 is 5.32 Å². The summed E-state index contributed by atoms with van der Waals surface area (Å²) in [5, 5.41) is 5.27. The van der Waals surface area contributed by atoms with Gasteiger partial charge in [0.1, 0.15) is 9.88 Å². The average Bonchev–Trinajstić information content (AvgIpc) is 3.37. The zero-order valence-electron chi connectivity index (χ0n) is 15.3. The maximum Gasteiger partial charge on any atom is 0.263 e. The van der Waals surface area contributed by atoms with Gasteiger partial charge in [-0.25, -0.2) is 4.98 Å². The number of hydrogen-bond acceptors (Lipinski definition) is 4. The number of benzene rings is 1. The normalized spacial score (nSPS) is 15.0. The van der Waals surface area contributed by atoms with Crippen molar-refractivity contribution in [2.24, 2.45) is 0 Å². The Morgan fingerprint density at radius 3 is 2.92 bits per heavy atom. The highest BCUT2D eigenvalue weighted by molar-refractivity contribution is 7.13. The van der Waals surface area contributed by atoms with Gasteiger partial charge in [-0.3, -0.25) is 9.69 Å². The smallest absolute Gasteiger partial charge is 0.263 e. The van der Waals surface area contributed by atoms with E-state index in [1.165, 1.54) is 40.8 Å². The molecule has 3 aromatic rings. The highest BCUT2D eigenvalue weighted by Crippen LogP contribution is 2.22. The molecule has 0 atom stereocenters. The lowest BCUT2D eigenvalue weighted by Crippen LogP contribution is -2.21. The molecule has 0 aliphatic carbocycles. The number of aromatic nitrogens is 2. The fourth-order valence-corrected chi connectivity index (χ4v) is 4.38. The van der Waals surface area contributed by atoms with E-state index in [9.17, 15) is 4.79 Å². The first-order chi connectivity index (χ1) is 12.6. The number of H-pyrrole nitrogens is 1. The van der Waals surface area contributed by atoms with Crippen LogP contribution in [0.15, 0.2) is 24.4 Å². The van der Waals surface area contributed by atoms with Crippen LogP contribution in [-0.4, -0.2) is 33.9 Å². The molecule has 6 heteroatoms. The van der Waals surface area contributed by atoms with Crippen molar-refractivity contribution in [2.75, 3.05) is 13.1 Å². The lowest BCUT2D eigenvalue weighted by Gasteiger charge is -2.11. The maximum atomic E-state index is 12.4. The Bertz CT molecular complexity index is 937. The molecule has 1 fully saturated rings. The fraction of sp³-hybridized carbons (Fsp3) is 0.400. The predicted molar refractivity (Wildman–Crippen MR) is 106 cm³/mol. The van der Waals surface area contributed by atoms with E-state index in [1.807, 2.05) is 0 Å². The molecule has 0 saturated carbocycles. The summed E-state index contributed by atoms with van der Waals surface area (Å²) < 4.78 is 0. The summed E-state index contributed by atoms with van der Waals surface area (Å²) in [5.41, 5.74) is 4.71. The summed E-state index contributed by atoms with van der Waals surface area (Å²) in [6.45, 7) is 7.87. The Balaban J connectivity index is 1.39. The third kappa shape index (κ3) is 3.52. The van der Waals surface area contributed by atoms with Gasteiger partial charge in [0, 0.05) is 23.1 Å². The first-order valence-corrected chi connectivity index (χ1v) is 9.95. The first-order valence-electron chi connectivity index (χ1n) is 9.13. The van der Waals surface area contributed by atoms with E-state index in [-0.39, 0.29) is 5.91 Å². The summed E-state index contributed by atoms with van der Waals surface area (Å²) in [6.07, 6.45) is 4.24. The number of amides is 1. The Labute approximate surface area is 157 Å². The van der Waals surface area contributed by atoms with Crippen molar-refractivity contribution >= 4 is 28.1 Å². The van der Waals surface area contributed by atoms with Crippen molar-refractivity contribution in [3.63, 3.8) is 0 Å². The van der Waals surface area contributed by atoms with Gasteiger partial charge >= 0.3 is 0 Å². The summed E-state index contributed by atoms with van der Waals surface area (Å²) in [4.78, 5) is 23.3. The van der Waals surface area contributed by atoms with Gasteiger partial charge < -0.3 is 10.3 Å². The molecule has 1 aromatic carbocycles. The van der Waals surface area contributed by atoms with Crippen molar-refractivity contribution in [3.8, 4) is 0 Å². The van der Waals surface area contributed by atoms with Crippen LogP contribution in [0.4, 0.5) is 0 Å². The van der Waals surface area contributed by atoms with Crippen molar-refractivity contribution < 1.29 is 4.79 Å². The molecular weight excluding hydrogens is 344 g/mol. The molecule has 1 aliphatic heterocycles. The third-order valence-electron chi connectivity index (χ3n) is 5.16.